The zero-order chi connectivity index (χ0) is 33.0. The number of rotatable bonds is 12. The third-order valence-electron chi connectivity index (χ3n) is 7.64. The van der Waals surface area contributed by atoms with E-state index >= 15 is 0 Å². The Morgan fingerprint density at radius 1 is 0.913 bits per heavy atom. The summed E-state index contributed by atoms with van der Waals surface area (Å²) in [6.07, 6.45) is 1.51. The molecule has 46 heavy (non-hydrogen) atoms. The van der Waals surface area contributed by atoms with Crippen molar-refractivity contribution in [1.29, 1.82) is 0 Å². The molecule has 3 N–H and O–H groups in total. The molecule has 5 rings (SSSR count). The number of aliphatic carboxylic acids is 1. The van der Waals surface area contributed by atoms with Gasteiger partial charge in [-0.05, 0) is 91.3 Å². The number of carbonyl (C=O) groups excluding carboxylic acids is 1. The molecule has 9 nitrogen and oxygen atoms in total. The minimum Gasteiger partial charge on any atom is -0.481 e. The quantitative estimate of drug-likeness (QED) is 0.168. The van der Waals surface area contributed by atoms with Crippen molar-refractivity contribution in [3.8, 4) is 11.1 Å². The minimum atomic E-state index is -3.53. The van der Waals surface area contributed by atoms with Gasteiger partial charge in [0, 0.05) is 30.8 Å². The van der Waals surface area contributed by atoms with Crippen LogP contribution in [0, 0.1) is 5.82 Å². The molecule has 0 aromatic heterocycles. The van der Waals surface area contributed by atoms with Crippen LogP contribution in [-0.2, 0) is 26.0 Å². The summed E-state index contributed by atoms with van der Waals surface area (Å²) in [6.45, 7) is 0.816. The van der Waals surface area contributed by atoms with Crippen LogP contribution in [0.1, 0.15) is 23.1 Å². The van der Waals surface area contributed by atoms with E-state index in [0.717, 1.165) is 16.7 Å². The summed E-state index contributed by atoms with van der Waals surface area (Å²) in [7, 11) is 0.213. The number of anilines is 3. The molecule has 1 heterocycles. The maximum atomic E-state index is 14.1. The van der Waals surface area contributed by atoms with Crippen LogP contribution in [-0.4, -0.2) is 63.7 Å². The van der Waals surface area contributed by atoms with Crippen molar-refractivity contribution in [3.63, 3.8) is 0 Å². The smallest absolute Gasteiger partial charge is 0.303 e. The van der Waals surface area contributed by atoms with Crippen molar-refractivity contribution < 1.29 is 27.5 Å². The largest absolute Gasteiger partial charge is 0.481 e. The number of hydrogen-bond acceptors (Lipinski definition) is 6. The Morgan fingerprint density at radius 2 is 1.65 bits per heavy atom. The maximum Gasteiger partial charge on any atom is 0.303 e. The molecule has 0 unspecified atom stereocenters. The van der Waals surface area contributed by atoms with Crippen molar-refractivity contribution >= 4 is 50.2 Å². The molecule has 0 radical (unpaired) electrons. The molecular weight excluding hydrogens is 607 g/mol. The second-order valence-electron chi connectivity index (χ2n) is 11.3. The first-order valence-corrected chi connectivity index (χ1v) is 16.5. The molecule has 0 spiro atoms. The summed E-state index contributed by atoms with van der Waals surface area (Å²) in [4.78, 5) is 26.6. The summed E-state index contributed by atoms with van der Waals surface area (Å²) in [5.41, 5.74) is 6.02. The lowest BCUT2D eigenvalue weighted by Crippen LogP contribution is -2.35. The summed E-state index contributed by atoms with van der Waals surface area (Å²) < 4.78 is 40.6. The van der Waals surface area contributed by atoms with Crippen LogP contribution in [0.25, 0.3) is 22.4 Å². The van der Waals surface area contributed by atoms with Gasteiger partial charge in [0.15, 0.2) is 0 Å². The van der Waals surface area contributed by atoms with Crippen LogP contribution in [0.4, 0.5) is 21.5 Å². The first kappa shape index (κ1) is 32.4. The number of carboxylic acid groups (broad SMARTS) is 1. The third kappa shape index (κ3) is 7.44. The number of sulfonamides is 1. The van der Waals surface area contributed by atoms with Gasteiger partial charge in [0.1, 0.15) is 5.82 Å². The maximum absolute atomic E-state index is 14.1. The van der Waals surface area contributed by atoms with E-state index in [4.69, 9.17) is 0 Å². The van der Waals surface area contributed by atoms with Gasteiger partial charge >= 0.3 is 5.97 Å². The Balaban J connectivity index is 1.59. The van der Waals surface area contributed by atoms with E-state index in [0.29, 0.717) is 52.4 Å². The summed E-state index contributed by atoms with van der Waals surface area (Å²) in [5.74, 6) is -1.76. The van der Waals surface area contributed by atoms with Gasteiger partial charge in [0.25, 0.3) is 5.91 Å². The Hall–Kier alpha value is -5.00. The number of likely N-dealkylation sites (N-methyl/N-ethyl adjacent to an activating group) is 1. The fourth-order valence-corrected chi connectivity index (χ4v) is 6.33. The molecule has 238 valence electrons. The first-order valence-electron chi connectivity index (χ1n) is 14.7. The number of carboxylic acids is 1. The van der Waals surface area contributed by atoms with Crippen LogP contribution < -0.4 is 14.9 Å². The monoisotopic (exact) mass is 642 g/mol. The molecule has 1 aliphatic heterocycles. The number of benzene rings is 4. The Kier molecular flexibility index (Phi) is 9.54. The lowest BCUT2D eigenvalue weighted by atomic mass is 9.93. The van der Waals surface area contributed by atoms with E-state index in [1.165, 1.54) is 22.7 Å². The molecule has 0 bridgehead atoms. The number of hydrogen-bond donors (Lipinski definition) is 3. The molecule has 0 fully saturated rings. The molecule has 1 aliphatic rings. The predicted octanol–water partition coefficient (Wildman–Crippen LogP) is 5.77. The fraction of sp³-hybridized carbons (Fsp3) is 0.200. The van der Waals surface area contributed by atoms with E-state index in [-0.39, 0.29) is 13.0 Å². The Morgan fingerprint density at radius 3 is 2.35 bits per heavy atom. The molecule has 0 saturated carbocycles. The van der Waals surface area contributed by atoms with Gasteiger partial charge < -0.3 is 20.6 Å². The van der Waals surface area contributed by atoms with Crippen LogP contribution in [0.2, 0.25) is 0 Å². The van der Waals surface area contributed by atoms with E-state index in [1.54, 1.807) is 30.3 Å². The van der Waals surface area contributed by atoms with E-state index in [2.05, 4.69) is 10.6 Å². The normalized spacial score (nSPS) is 13.7. The zero-order valence-electron chi connectivity index (χ0n) is 25.7. The number of aryl methyl sites for hydroxylation is 1. The van der Waals surface area contributed by atoms with Gasteiger partial charge in [-0.1, -0.05) is 42.5 Å². The molecular formula is C35H35FN4O5S. The Bertz CT molecular complexity index is 1920. The molecule has 0 aliphatic carbocycles. The molecule has 4 aromatic carbocycles. The van der Waals surface area contributed by atoms with Gasteiger partial charge in [-0.15, -0.1) is 0 Å². The van der Waals surface area contributed by atoms with Gasteiger partial charge in [0.2, 0.25) is 10.0 Å². The van der Waals surface area contributed by atoms with Crippen molar-refractivity contribution in [2.75, 3.05) is 48.4 Å². The second-order valence-corrected chi connectivity index (χ2v) is 13.2. The van der Waals surface area contributed by atoms with E-state index in [1.807, 2.05) is 67.5 Å². The average molecular weight is 643 g/mol. The van der Waals surface area contributed by atoms with Crippen LogP contribution in [0.3, 0.4) is 0 Å². The number of halogens is 1. The molecule has 4 aromatic rings. The second kappa shape index (κ2) is 13.6. The van der Waals surface area contributed by atoms with E-state index in [9.17, 15) is 27.5 Å². The third-order valence-corrected chi connectivity index (χ3v) is 8.83. The van der Waals surface area contributed by atoms with Gasteiger partial charge in [-0.25, -0.2) is 12.8 Å². The van der Waals surface area contributed by atoms with Crippen LogP contribution in [0.15, 0.2) is 91.0 Å². The molecule has 0 saturated heterocycles. The van der Waals surface area contributed by atoms with Crippen molar-refractivity contribution in [2.45, 2.75) is 12.8 Å². The zero-order valence-corrected chi connectivity index (χ0v) is 26.6. The summed E-state index contributed by atoms with van der Waals surface area (Å²) >= 11 is 0. The van der Waals surface area contributed by atoms with Crippen molar-refractivity contribution in [1.82, 2.24) is 4.90 Å². The minimum absolute atomic E-state index is 0.0109. The standard InChI is InChI=1S/C35H35FN4O5S/c1-39(2)19-20-40(46(3,44)45)28-15-13-27(14-16-28)37-34(33-30-17-12-26(36)22-31(30)38-35(33)43)25-9-6-8-24(21-25)29-10-5-4-7-23(29)11-18-32(41)42/h4-10,12-17,21-22,37H,11,18-20H2,1-3H3,(H,38,43)(H,41,42)/b34-33-. The van der Waals surface area contributed by atoms with Gasteiger partial charge in [-0.2, -0.15) is 0 Å². The van der Waals surface area contributed by atoms with Gasteiger partial charge in [-0.3, -0.25) is 13.9 Å². The van der Waals surface area contributed by atoms with Crippen LogP contribution in [0.5, 0.6) is 0 Å². The topological polar surface area (TPSA) is 119 Å². The SMILES string of the molecule is CN(C)CCN(c1ccc(N/C(=C2\C(=O)Nc3cc(F)ccc32)c2cccc(-c3ccccc3CCC(=O)O)c2)cc1)S(C)(=O)=O. The average Bonchev–Trinajstić information content (AvgIpc) is 3.33. The number of fused-ring (bicyclic) bond motifs is 1. The number of amides is 1. The van der Waals surface area contributed by atoms with Gasteiger partial charge in [0.05, 0.1) is 28.9 Å². The lowest BCUT2D eigenvalue weighted by Gasteiger charge is -2.24. The summed E-state index contributed by atoms with van der Waals surface area (Å²) in [5, 5.41) is 15.4. The number of nitrogens with one attached hydrogen (secondary N) is 2. The molecule has 11 heteroatoms. The van der Waals surface area contributed by atoms with Crippen molar-refractivity contribution in [2.24, 2.45) is 0 Å². The predicted molar refractivity (Wildman–Crippen MR) is 180 cm³/mol. The first-order chi connectivity index (χ1) is 21.9. The fourth-order valence-electron chi connectivity index (χ4n) is 5.41. The highest BCUT2D eigenvalue weighted by Crippen LogP contribution is 2.39. The highest BCUT2D eigenvalue weighted by atomic mass is 32.2. The molecule has 1 amide bonds. The number of nitrogens with zero attached hydrogens (tertiary/aromatic N) is 2. The highest BCUT2D eigenvalue weighted by Gasteiger charge is 2.29. The van der Waals surface area contributed by atoms with E-state index < -0.39 is 27.7 Å². The Labute approximate surface area is 268 Å². The summed E-state index contributed by atoms with van der Waals surface area (Å²) in [6, 6.07) is 26.2. The number of carbonyl (C=O) groups is 2. The highest BCUT2D eigenvalue weighted by molar-refractivity contribution is 7.92. The molecule has 0 atom stereocenters. The van der Waals surface area contributed by atoms with Crippen LogP contribution >= 0.6 is 0 Å². The van der Waals surface area contributed by atoms with Crippen molar-refractivity contribution in [3.05, 3.63) is 114 Å². The lowest BCUT2D eigenvalue weighted by molar-refractivity contribution is -0.137.